The quantitative estimate of drug-likeness (QED) is 0.178. The fourth-order valence-corrected chi connectivity index (χ4v) is 11.6. The van der Waals surface area contributed by atoms with E-state index >= 15 is 0 Å². The number of benzene rings is 9. The van der Waals surface area contributed by atoms with E-state index in [2.05, 4.69) is 199 Å². The van der Waals surface area contributed by atoms with Crippen molar-refractivity contribution in [3.8, 4) is 33.4 Å². The number of furan rings is 1. The van der Waals surface area contributed by atoms with Crippen LogP contribution in [-0.2, 0) is 5.41 Å². The van der Waals surface area contributed by atoms with E-state index in [-0.39, 0.29) is 0 Å². The van der Waals surface area contributed by atoms with Crippen LogP contribution in [0.25, 0.3) is 75.5 Å². The molecule has 2 aliphatic carbocycles. The Kier molecular flexibility index (Phi) is 6.56. The summed E-state index contributed by atoms with van der Waals surface area (Å²) in [5.74, 6) is 0. The van der Waals surface area contributed by atoms with Crippen LogP contribution < -0.4 is 4.90 Å². The molecule has 9 aromatic carbocycles. The lowest BCUT2D eigenvalue weighted by Crippen LogP contribution is -2.28. The lowest BCUT2D eigenvalue weighted by molar-refractivity contribution is 0.669. The van der Waals surface area contributed by atoms with E-state index in [0.717, 1.165) is 39.0 Å². The van der Waals surface area contributed by atoms with Gasteiger partial charge in [-0.1, -0.05) is 152 Å². The molecule has 0 amide bonds. The van der Waals surface area contributed by atoms with Gasteiger partial charge in [0, 0.05) is 53.4 Å². The van der Waals surface area contributed by atoms with E-state index in [9.17, 15) is 0 Å². The molecule has 13 rings (SSSR count). The maximum atomic E-state index is 6.37. The molecule has 2 aromatic heterocycles. The molecule has 0 saturated carbocycles. The zero-order valence-electron chi connectivity index (χ0n) is 31.3. The van der Waals surface area contributed by atoms with Gasteiger partial charge in [0.25, 0.3) is 0 Å². The molecule has 270 valence electrons. The van der Waals surface area contributed by atoms with Crippen LogP contribution in [0.2, 0.25) is 0 Å². The van der Waals surface area contributed by atoms with E-state index < -0.39 is 5.41 Å². The largest absolute Gasteiger partial charge is 0.456 e. The van der Waals surface area contributed by atoms with Crippen molar-refractivity contribution in [1.82, 2.24) is 0 Å². The van der Waals surface area contributed by atoms with E-state index in [1.54, 1.807) is 0 Å². The Labute approximate surface area is 339 Å². The van der Waals surface area contributed by atoms with Crippen LogP contribution in [-0.4, -0.2) is 0 Å². The third kappa shape index (κ3) is 4.21. The zero-order chi connectivity index (χ0) is 38.0. The molecule has 0 radical (unpaired) electrons. The second-order valence-electron chi connectivity index (χ2n) is 15.5. The fourth-order valence-electron chi connectivity index (χ4n) is 10.3. The van der Waals surface area contributed by atoms with Gasteiger partial charge >= 0.3 is 0 Å². The number of anilines is 3. The summed E-state index contributed by atoms with van der Waals surface area (Å²) in [6.07, 6.45) is 0. The van der Waals surface area contributed by atoms with Crippen molar-refractivity contribution >= 4 is 70.5 Å². The highest BCUT2D eigenvalue weighted by atomic mass is 32.1. The summed E-state index contributed by atoms with van der Waals surface area (Å²) in [5.41, 5.74) is 17.5. The standard InChI is InChI=1S/C55H33NOS/c1-2-13-34(14-3-1)35-25-27-36(28-26-35)56(37-29-32-50-44(33-37)39-16-6-10-23-49(39)57-50)48-22-12-19-41-38-15-4-8-20-45(38)55(53(41)48)46-21-9-5-18-43(46)52-47(55)31-30-42-40-17-7-11-24-51(40)58-54(42)52/h1-33H. The summed E-state index contributed by atoms with van der Waals surface area (Å²) in [5, 5.41) is 4.87. The smallest absolute Gasteiger partial charge is 0.135 e. The molecule has 11 aromatic rings. The van der Waals surface area contributed by atoms with Crippen LogP contribution in [0, 0.1) is 0 Å². The van der Waals surface area contributed by atoms with Gasteiger partial charge in [-0.25, -0.2) is 0 Å². The molecular weight excluding hydrogens is 723 g/mol. The number of hydrogen-bond donors (Lipinski definition) is 0. The van der Waals surface area contributed by atoms with Crippen molar-refractivity contribution < 1.29 is 4.42 Å². The topological polar surface area (TPSA) is 16.4 Å². The number of hydrogen-bond acceptors (Lipinski definition) is 3. The van der Waals surface area contributed by atoms with Crippen molar-refractivity contribution in [2.45, 2.75) is 5.41 Å². The van der Waals surface area contributed by atoms with Crippen molar-refractivity contribution in [2.24, 2.45) is 0 Å². The second kappa shape index (κ2) is 11.9. The van der Waals surface area contributed by atoms with Gasteiger partial charge in [-0.05, 0) is 93.0 Å². The van der Waals surface area contributed by atoms with Gasteiger partial charge in [-0.2, -0.15) is 0 Å². The minimum atomic E-state index is -0.548. The van der Waals surface area contributed by atoms with Gasteiger partial charge in [-0.15, -0.1) is 11.3 Å². The molecule has 0 N–H and O–H groups in total. The summed E-state index contributed by atoms with van der Waals surface area (Å²) < 4.78 is 9.06. The van der Waals surface area contributed by atoms with Gasteiger partial charge in [0.2, 0.25) is 0 Å². The number of thiophene rings is 1. The highest BCUT2D eigenvalue weighted by molar-refractivity contribution is 7.26. The van der Waals surface area contributed by atoms with Gasteiger partial charge in [-0.3, -0.25) is 0 Å². The highest BCUT2D eigenvalue weighted by Crippen LogP contribution is 2.66. The SMILES string of the molecule is c1ccc(-c2ccc(N(c3ccc4oc5ccccc5c4c3)c3cccc4c3C3(c5ccccc5-4)c4ccccc4-c4c3ccc3c4sc4ccccc43)cc2)cc1. The minimum absolute atomic E-state index is 0.548. The fraction of sp³-hybridized carbons (Fsp3) is 0.0182. The lowest BCUT2D eigenvalue weighted by atomic mass is 9.70. The number of para-hydroxylation sites is 1. The Morgan fingerprint density at radius 3 is 1.93 bits per heavy atom. The summed E-state index contributed by atoms with van der Waals surface area (Å²) in [6, 6.07) is 73.7. The van der Waals surface area contributed by atoms with Crippen LogP contribution in [0.4, 0.5) is 17.1 Å². The molecule has 0 fully saturated rings. The molecule has 3 heteroatoms. The summed E-state index contributed by atoms with van der Waals surface area (Å²) in [4.78, 5) is 2.49. The van der Waals surface area contributed by atoms with E-state index in [1.807, 2.05) is 17.4 Å². The van der Waals surface area contributed by atoms with Crippen LogP contribution in [0.5, 0.6) is 0 Å². The molecule has 2 aliphatic rings. The van der Waals surface area contributed by atoms with Gasteiger partial charge in [0.1, 0.15) is 11.2 Å². The van der Waals surface area contributed by atoms with Crippen LogP contribution in [0.3, 0.4) is 0 Å². The van der Waals surface area contributed by atoms with Crippen molar-refractivity contribution in [3.05, 3.63) is 222 Å². The molecule has 2 nitrogen and oxygen atoms in total. The first-order valence-electron chi connectivity index (χ1n) is 19.9. The Hall–Kier alpha value is -7.20. The van der Waals surface area contributed by atoms with E-state index in [0.29, 0.717) is 0 Å². The molecule has 0 bridgehead atoms. The second-order valence-corrected chi connectivity index (χ2v) is 16.6. The molecule has 2 heterocycles. The predicted octanol–water partition coefficient (Wildman–Crippen LogP) is 15.4. The van der Waals surface area contributed by atoms with Crippen molar-refractivity contribution in [2.75, 3.05) is 4.90 Å². The van der Waals surface area contributed by atoms with Gasteiger partial charge in [0.15, 0.2) is 0 Å². The van der Waals surface area contributed by atoms with Gasteiger partial charge < -0.3 is 9.32 Å². The Balaban J connectivity index is 1.13. The maximum absolute atomic E-state index is 6.37. The predicted molar refractivity (Wildman–Crippen MR) is 243 cm³/mol. The monoisotopic (exact) mass is 755 g/mol. The first-order chi connectivity index (χ1) is 28.8. The Morgan fingerprint density at radius 2 is 1.07 bits per heavy atom. The first kappa shape index (κ1) is 31.9. The number of rotatable bonds is 4. The van der Waals surface area contributed by atoms with Crippen LogP contribution in [0.15, 0.2) is 205 Å². The molecular formula is C55H33NOS. The summed E-state index contributed by atoms with van der Waals surface area (Å²) in [6.45, 7) is 0. The molecule has 1 atom stereocenters. The minimum Gasteiger partial charge on any atom is -0.456 e. The Bertz CT molecular complexity index is 3470. The molecule has 0 aliphatic heterocycles. The average molecular weight is 756 g/mol. The normalized spacial score (nSPS) is 15.0. The van der Waals surface area contributed by atoms with Crippen LogP contribution in [0.1, 0.15) is 22.3 Å². The average Bonchev–Trinajstić information content (AvgIpc) is 4.02. The maximum Gasteiger partial charge on any atom is 0.135 e. The van der Waals surface area contributed by atoms with Crippen molar-refractivity contribution in [1.29, 1.82) is 0 Å². The highest BCUT2D eigenvalue weighted by Gasteiger charge is 2.54. The van der Waals surface area contributed by atoms with Crippen molar-refractivity contribution in [3.63, 3.8) is 0 Å². The zero-order valence-corrected chi connectivity index (χ0v) is 32.1. The number of nitrogens with zero attached hydrogens (tertiary/aromatic N) is 1. The van der Waals surface area contributed by atoms with Gasteiger partial charge in [0.05, 0.1) is 11.1 Å². The summed E-state index contributed by atoms with van der Waals surface area (Å²) in [7, 11) is 0. The van der Waals surface area contributed by atoms with E-state index in [4.69, 9.17) is 4.42 Å². The lowest BCUT2D eigenvalue weighted by Gasteiger charge is -2.36. The van der Waals surface area contributed by atoms with E-state index in [1.165, 1.54) is 75.8 Å². The molecule has 1 unspecified atom stereocenters. The Morgan fingerprint density at radius 1 is 0.414 bits per heavy atom. The first-order valence-corrected chi connectivity index (χ1v) is 20.7. The molecule has 0 saturated heterocycles. The summed E-state index contributed by atoms with van der Waals surface area (Å²) >= 11 is 1.92. The third-order valence-electron chi connectivity index (χ3n) is 12.7. The third-order valence-corrected chi connectivity index (χ3v) is 13.9. The van der Waals surface area contributed by atoms with Crippen LogP contribution >= 0.6 is 11.3 Å². The number of fused-ring (bicyclic) bond motifs is 17. The molecule has 58 heavy (non-hydrogen) atoms. The molecule has 1 spiro atoms.